The second-order valence-corrected chi connectivity index (χ2v) is 4.88. The lowest BCUT2D eigenvalue weighted by molar-refractivity contribution is 0.0495. The van der Waals surface area contributed by atoms with Crippen LogP contribution in [0.4, 0.5) is 0 Å². The molecular weight excluding hydrogens is 168 g/mol. The first-order chi connectivity index (χ1) is 5.92. The van der Waals surface area contributed by atoms with E-state index in [2.05, 4.69) is 16.7 Å². The first-order valence-electron chi connectivity index (χ1n) is 4.95. The standard InChI is InChI=1S/C9H18N2S/c10-4-1-2-8-3-5-11(8)9-6-12-7-9/h8-9H,1-7,10H2. The van der Waals surface area contributed by atoms with E-state index in [0.717, 1.165) is 18.6 Å². The van der Waals surface area contributed by atoms with Gasteiger partial charge in [0, 0.05) is 30.1 Å². The number of hydrogen-bond donors (Lipinski definition) is 1. The molecule has 2 heterocycles. The van der Waals surface area contributed by atoms with E-state index >= 15 is 0 Å². The number of likely N-dealkylation sites (tertiary alicyclic amines) is 1. The van der Waals surface area contributed by atoms with Gasteiger partial charge in [0.2, 0.25) is 0 Å². The van der Waals surface area contributed by atoms with Crippen molar-refractivity contribution in [2.75, 3.05) is 24.6 Å². The minimum absolute atomic E-state index is 0.865. The zero-order chi connectivity index (χ0) is 8.39. The smallest absolute Gasteiger partial charge is 0.0279 e. The van der Waals surface area contributed by atoms with E-state index in [4.69, 9.17) is 5.73 Å². The maximum atomic E-state index is 5.50. The van der Waals surface area contributed by atoms with Gasteiger partial charge in [-0.25, -0.2) is 0 Å². The summed E-state index contributed by atoms with van der Waals surface area (Å²) in [5.41, 5.74) is 5.50. The van der Waals surface area contributed by atoms with Gasteiger partial charge in [-0.1, -0.05) is 0 Å². The van der Waals surface area contributed by atoms with E-state index < -0.39 is 0 Å². The molecule has 2 N–H and O–H groups in total. The second-order valence-electron chi connectivity index (χ2n) is 3.80. The Balaban J connectivity index is 1.69. The zero-order valence-corrected chi connectivity index (χ0v) is 8.35. The highest BCUT2D eigenvalue weighted by Crippen LogP contribution is 2.32. The van der Waals surface area contributed by atoms with E-state index in [-0.39, 0.29) is 0 Å². The van der Waals surface area contributed by atoms with E-state index in [1.807, 2.05) is 0 Å². The molecule has 0 bridgehead atoms. The molecule has 0 radical (unpaired) electrons. The van der Waals surface area contributed by atoms with Crippen molar-refractivity contribution < 1.29 is 0 Å². The van der Waals surface area contributed by atoms with Crippen LogP contribution in [0.2, 0.25) is 0 Å². The molecule has 0 aliphatic carbocycles. The topological polar surface area (TPSA) is 29.3 Å². The highest BCUT2D eigenvalue weighted by atomic mass is 32.2. The molecule has 2 saturated heterocycles. The van der Waals surface area contributed by atoms with Crippen LogP contribution in [0.15, 0.2) is 0 Å². The summed E-state index contributed by atoms with van der Waals surface area (Å²) in [6, 6.07) is 1.81. The first kappa shape index (κ1) is 8.85. The van der Waals surface area contributed by atoms with Crippen molar-refractivity contribution in [3.05, 3.63) is 0 Å². The molecule has 2 rings (SSSR count). The van der Waals surface area contributed by atoms with Crippen LogP contribution in [0.1, 0.15) is 19.3 Å². The van der Waals surface area contributed by atoms with E-state index in [1.54, 1.807) is 0 Å². The quantitative estimate of drug-likeness (QED) is 0.708. The number of nitrogens with two attached hydrogens (primary N) is 1. The minimum Gasteiger partial charge on any atom is -0.330 e. The zero-order valence-electron chi connectivity index (χ0n) is 7.54. The molecule has 2 aliphatic rings. The van der Waals surface area contributed by atoms with Crippen LogP contribution < -0.4 is 5.73 Å². The SMILES string of the molecule is NCCCC1CCN1C1CSC1. The van der Waals surface area contributed by atoms with E-state index in [0.29, 0.717) is 0 Å². The Bertz CT molecular complexity index is 147. The molecule has 0 aromatic heterocycles. The first-order valence-corrected chi connectivity index (χ1v) is 6.11. The van der Waals surface area contributed by atoms with E-state index in [9.17, 15) is 0 Å². The van der Waals surface area contributed by atoms with Crippen LogP contribution in [0.5, 0.6) is 0 Å². The molecule has 2 fully saturated rings. The third-order valence-electron chi connectivity index (χ3n) is 3.02. The van der Waals surface area contributed by atoms with Crippen LogP contribution in [0, 0.1) is 0 Å². The molecule has 70 valence electrons. The Morgan fingerprint density at radius 2 is 2.25 bits per heavy atom. The molecule has 0 saturated carbocycles. The molecule has 1 unspecified atom stereocenters. The van der Waals surface area contributed by atoms with Crippen molar-refractivity contribution in [2.24, 2.45) is 5.73 Å². The Kier molecular flexibility index (Phi) is 2.94. The largest absolute Gasteiger partial charge is 0.330 e. The third-order valence-corrected chi connectivity index (χ3v) is 4.26. The van der Waals surface area contributed by atoms with Crippen molar-refractivity contribution in [1.29, 1.82) is 0 Å². The van der Waals surface area contributed by atoms with Gasteiger partial charge in [0.05, 0.1) is 0 Å². The van der Waals surface area contributed by atoms with E-state index in [1.165, 1.54) is 37.3 Å². The fourth-order valence-corrected chi connectivity index (χ4v) is 2.85. The van der Waals surface area contributed by atoms with Gasteiger partial charge in [0.1, 0.15) is 0 Å². The monoisotopic (exact) mass is 186 g/mol. The molecule has 0 amide bonds. The van der Waals surface area contributed by atoms with Crippen LogP contribution >= 0.6 is 11.8 Å². The Hall–Kier alpha value is 0.270. The number of nitrogens with zero attached hydrogens (tertiary/aromatic N) is 1. The summed E-state index contributed by atoms with van der Waals surface area (Å²) in [4.78, 5) is 2.69. The van der Waals surface area contributed by atoms with Crippen molar-refractivity contribution in [2.45, 2.75) is 31.3 Å². The highest BCUT2D eigenvalue weighted by Gasteiger charge is 2.36. The summed E-state index contributed by atoms with van der Waals surface area (Å²) in [5.74, 6) is 2.75. The highest BCUT2D eigenvalue weighted by molar-refractivity contribution is 8.00. The van der Waals surface area contributed by atoms with Gasteiger partial charge in [0.15, 0.2) is 0 Å². The summed E-state index contributed by atoms with van der Waals surface area (Å²) in [5, 5.41) is 0. The lowest BCUT2D eigenvalue weighted by atomic mass is 9.96. The molecule has 2 aliphatic heterocycles. The van der Waals surface area contributed by atoms with Crippen molar-refractivity contribution in [1.82, 2.24) is 4.90 Å². The lowest BCUT2D eigenvalue weighted by Crippen LogP contribution is -2.57. The number of thioether (sulfide) groups is 1. The summed E-state index contributed by atoms with van der Waals surface area (Å²) >= 11 is 2.08. The van der Waals surface area contributed by atoms with Crippen LogP contribution in [0.25, 0.3) is 0 Å². The predicted molar refractivity (Wildman–Crippen MR) is 54.5 cm³/mol. The molecule has 0 spiro atoms. The van der Waals surface area contributed by atoms with Crippen LogP contribution in [0.3, 0.4) is 0 Å². The van der Waals surface area contributed by atoms with Gasteiger partial charge < -0.3 is 5.73 Å². The van der Waals surface area contributed by atoms with Gasteiger partial charge in [-0.3, -0.25) is 4.90 Å². The molecule has 0 aromatic carbocycles. The molecule has 2 nitrogen and oxygen atoms in total. The van der Waals surface area contributed by atoms with Gasteiger partial charge in [-0.2, -0.15) is 11.8 Å². The normalized spacial score (nSPS) is 31.2. The summed E-state index contributed by atoms with van der Waals surface area (Å²) < 4.78 is 0. The maximum Gasteiger partial charge on any atom is 0.0279 e. The summed E-state index contributed by atoms with van der Waals surface area (Å²) in [6.07, 6.45) is 3.96. The summed E-state index contributed by atoms with van der Waals surface area (Å²) in [7, 11) is 0. The lowest BCUT2D eigenvalue weighted by Gasteiger charge is -2.49. The number of rotatable bonds is 4. The predicted octanol–water partition coefficient (Wildman–Crippen LogP) is 0.915. The Labute approximate surface area is 78.9 Å². The van der Waals surface area contributed by atoms with Crippen molar-refractivity contribution in [3.8, 4) is 0 Å². The fraction of sp³-hybridized carbons (Fsp3) is 1.00. The average molecular weight is 186 g/mol. The van der Waals surface area contributed by atoms with Crippen molar-refractivity contribution in [3.63, 3.8) is 0 Å². The molecule has 1 atom stereocenters. The third kappa shape index (κ3) is 1.63. The van der Waals surface area contributed by atoms with Gasteiger partial charge in [-0.15, -0.1) is 0 Å². The maximum absolute atomic E-state index is 5.50. The average Bonchev–Trinajstić information content (AvgIpc) is 1.95. The Morgan fingerprint density at radius 3 is 2.67 bits per heavy atom. The van der Waals surface area contributed by atoms with Crippen LogP contribution in [-0.4, -0.2) is 41.6 Å². The molecular formula is C9H18N2S. The molecule has 3 heteroatoms. The fourth-order valence-electron chi connectivity index (χ4n) is 2.02. The van der Waals surface area contributed by atoms with Crippen LogP contribution in [-0.2, 0) is 0 Å². The number of hydrogen-bond acceptors (Lipinski definition) is 3. The minimum atomic E-state index is 0.865. The summed E-state index contributed by atoms with van der Waals surface area (Å²) in [6.45, 7) is 2.21. The molecule has 0 aromatic rings. The van der Waals surface area contributed by atoms with Crippen molar-refractivity contribution >= 4 is 11.8 Å². The van der Waals surface area contributed by atoms with Gasteiger partial charge in [-0.05, 0) is 25.8 Å². The Morgan fingerprint density at radius 1 is 1.42 bits per heavy atom. The second kappa shape index (κ2) is 3.99. The van der Waals surface area contributed by atoms with Gasteiger partial charge >= 0.3 is 0 Å². The van der Waals surface area contributed by atoms with Gasteiger partial charge in [0.25, 0.3) is 0 Å². The molecule has 12 heavy (non-hydrogen) atoms.